The molecule has 6 nitrogen and oxygen atoms in total. The van der Waals surface area contributed by atoms with Gasteiger partial charge in [-0.1, -0.05) is 0 Å². The van der Waals surface area contributed by atoms with Gasteiger partial charge < -0.3 is 9.47 Å². The van der Waals surface area contributed by atoms with Crippen LogP contribution in [0.4, 0.5) is 8.78 Å². The Morgan fingerprint density at radius 2 is 1.83 bits per heavy atom. The van der Waals surface area contributed by atoms with Crippen molar-refractivity contribution in [2.45, 2.75) is 68.2 Å². The van der Waals surface area contributed by atoms with Crippen LogP contribution in [0.15, 0.2) is 29.2 Å². The molecule has 2 bridgehead atoms. The standard InChI is InChI=1S/C21H28F2N2O4S/c22-20(23)29-17-1-3-19(4-2-17)30(26,27)24-9-7-21(8-10-24)6-5-15(12-21)25-13-18-11-16(25)14-28-18/h1-4,15-16,18,20H,5-14H2/t15-,16-,18-/m0/s1. The van der Waals surface area contributed by atoms with Crippen molar-refractivity contribution in [3.8, 4) is 5.75 Å². The number of likely N-dealkylation sites (tertiary alicyclic amines) is 1. The minimum absolute atomic E-state index is 0.0421. The predicted molar refractivity (Wildman–Crippen MR) is 106 cm³/mol. The SMILES string of the molecule is O=S(=O)(c1ccc(OC(F)F)cc1)N1CCC2(CC[C@H](N3C[C@@H]4C[C@H]3CO4)C2)CC1. The van der Waals surface area contributed by atoms with Crippen molar-refractivity contribution in [2.75, 3.05) is 26.2 Å². The van der Waals surface area contributed by atoms with E-state index >= 15 is 0 Å². The van der Waals surface area contributed by atoms with Gasteiger partial charge in [-0.15, -0.1) is 0 Å². The van der Waals surface area contributed by atoms with Gasteiger partial charge in [-0.3, -0.25) is 4.90 Å². The summed E-state index contributed by atoms with van der Waals surface area (Å²) in [7, 11) is -3.63. The fourth-order valence-electron chi connectivity index (χ4n) is 5.93. The molecule has 4 aliphatic rings. The van der Waals surface area contributed by atoms with Gasteiger partial charge in [0.15, 0.2) is 0 Å². The van der Waals surface area contributed by atoms with Gasteiger partial charge in [0, 0.05) is 31.7 Å². The number of ether oxygens (including phenoxy) is 2. The summed E-state index contributed by atoms with van der Waals surface area (Å²) < 4.78 is 62.2. The van der Waals surface area contributed by atoms with Gasteiger partial charge in [0.2, 0.25) is 10.0 Å². The van der Waals surface area contributed by atoms with Crippen molar-refractivity contribution in [2.24, 2.45) is 5.41 Å². The Balaban J connectivity index is 1.20. The zero-order chi connectivity index (χ0) is 20.9. The highest BCUT2D eigenvalue weighted by molar-refractivity contribution is 7.89. The number of rotatable bonds is 5. The normalized spacial score (nSPS) is 31.8. The van der Waals surface area contributed by atoms with Crippen LogP contribution in [0.2, 0.25) is 0 Å². The number of nitrogens with zero attached hydrogens (tertiary/aromatic N) is 2. The molecular formula is C21H28F2N2O4S. The summed E-state index contributed by atoms with van der Waals surface area (Å²) in [5.74, 6) is -0.0421. The first-order valence-electron chi connectivity index (χ1n) is 10.8. The molecule has 1 aromatic rings. The molecule has 0 aromatic heterocycles. The lowest BCUT2D eigenvalue weighted by Crippen LogP contribution is -2.45. The quantitative estimate of drug-likeness (QED) is 0.702. The number of benzene rings is 1. The maximum Gasteiger partial charge on any atom is 0.387 e. The number of alkyl halides is 2. The zero-order valence-electron chi connectivity index (χ0n) is 16.9. The molecule has 3 saturated heterocycles. The van der Waals surface area contributed by atoms with Gasteiger partial charge in [-0.05, 0) is 68.2 Å². The minimum Gasteiger partial charge on any atom is -0.435 e. The van der Waals surface area contributed by atoms with Crippen molar-refractivity contribution in [3.63, 3.8) is 0 Å². The van der Waals surface area contributed by atoms with Crippen LogP contribution in [0.1, 0.15) is 38.5 Å². The highest BCUT2D eigenvalue weighted by atomic mass is 32.2. The van der Waals surface area contributed by atoms with Crippen molar-refractivity contribution >= 4 is 10.0 Å². The zero-order valence-corrected chi connectivity index (χ0v) is 17.7. The van der Waals surface area contributed by atoms with E-state index in [9.17, 15) is 17.2 Å². The number of morpholine rings is 1. The molecule has 0 radical (unpaired) electrons. The molecule has 0 unspecified atom stereocenters. The summed E-state index contributed by atoms with van der Waals surface area (Å²) >= 11 is 0. The first-order chi connectivity index (χ1) is 14.3. The maximum atomic E-state index is 13.0. The van der Waals surface area contributed by atoms with Gasteiger partial charge in [-0.2, -0.15) is 13.1 Å². The maximum absolute atomic E-state index is 13.0. The van der Waals surface area contributed by atoms with Crippen LogP contribution in [-0.4, -0.2) is 68.7 Å². The monoisotopic (exact) mass is 442 g/mol. The summed E-state index contributed by atoms with van der Waals surface area (Å²) in [6.45, 7) is 0.0154. The predicted octanol–water partition coefficient (Wildman–Crippen LogP) is 3.08. The highest BCUT2D eigenvalue weighted by Crippen LogP contribution is 2.50. The summed E-state index contributed by atoms with van der Waals surface area (Å²) in [5.41, 5.74) is 0.244. The first kappa shape index (κ1) is 20.6. The van der Waals surface area contributed by atoms with Gasteiger partial charge in [0.1, 0.15) is 5.75 Å². The van der Waals surface area contributed by atoms with Gasteiger partial charge >= 0.3 is 6.61 Å². The van der Waals surface area contributed by atoms with E-state index in [0.29, 0.717) is 31.3 Å². The van der Waals surface area contributed by atoms with E-state index < -0.39 is 16.6 Å². The number of halogens is 2. The number of piperidine rings is 1. The fraction of sp³-hybridized carbons (Fsp3) is 0.714. The first-order valence-corrected chi connectivity index (χ1v) is 12.2. The third-order valence-electron chi connectivity index (χ3n) is 7.56. The summed E-state index contributed by atoms with van der Waals surface area (Å²) in [6.07, 6.45) is 6.86. The molecule has 1 aromatic carbocycles. The Bertz CT molecular complexity index is 871. The van der Waals surface area contributed by atoms with Crippen LogP contribution in [0.5, 0.6) is 5.75 Å². The third-order valence-corrected chi connectivity index (χ3v) is 9.47. The molecule has 3 atom stereocenters. The van der Waals surface area contributed by atoms with Crippen molar-refractivity contribution in [3.05, 3.63) is 24.3 Å². The van der Waals surface area contributed by atoms with Crippen molar-refractivity contribution in [1.82, 2.24) is 9.21 Å². The Hall–Kier alpha value is -1.29. The molecule has 9 heteroatoms. The molecule has 5 rings (SSSR count). The summed E-state index contributed by atoms with van der Waals surface area (Å²) in [5, 5.41) is 0. The van der Waals surface area contributed by atoms with E-state index in [1.165, 1.54) is 37.1 Å². The Morgan fingerprint density at radius 3 is 2.43 bits per heavy atom. The van der Waals surface area contributed by atoms with Crippen LogP contribution < -0.4 is 4.74 Å². The molecule has 1 spiro atoms. The molecule has 1 aliphatic carbocycles. The lowest BCUT2D eigenvalue weighted by molar-refractivity contribution is -0.0498. The van der Waals surface area contributed by atoms with E-state index in [2.05, 4.69) is 9.64 Å². The van der Waals surface area contributed by atoms with Gasteiger partial charge in [0.25, 0.3) is 0 Å². The van der Waals surface area contributed by atoms with Gasteiger partial charge in [0.05, 0.1) is 17.6 Å². The smallest absolute Gasteiger partial charge is 0.387 e. The summed E-state index contributed by atoms with van der Waals surface area (Å²) in [6, 6.07) is 6.42. The summed E-state index contributed by atoms with van der Waals surface area (Å²) in [4.78, 5) is 2.77. The Kier molecular flexibility index (Phi) is 5.28. The molecule has 30 heavy (non-hydrogen) atoms. The lowest BCUT2D eigenvalue weighted by atomic mass is 9.77. The van der Waals surface area contributed by atoms with Crippen LogP contribution in [-0.2, 0) is 14.8 Å². The van der Waals surface area contributed by atoms with E-state index in [4.69, 9.17) is 4.74 Å². The lowest BCUT2D eigenvalue weighted by Gasteiger charge is -2.40. The van der Waals surface area contributed by atoms with Crippen LogP contribution in [0, 0.1) is 5.41 Å². The number of hydrogen-bond donors (Lipinski definition) is 0. The molecule has 3 heterocycles. The van der Waals surface area contributed by atoms with E-state index in [0.717, 1.165) is 38.8 Å². The second-order valence-electron chi connectivity index (χ2n) is 9.19. The molecule has 166 valence electrons. The van der Waals surface area contributed by atoms with Crippen LogP contribution in [0.3, 0.4) is 0 Å². The van der Waals surface area contributed by atoms with Crippen LogP contribution in [0.25, 0.3) is 0 Å². The molecule has 0 amide bonds. The molecule has 1 saturated carbocycles. The topological polar surface area (TPSA) is 59.1 Å². The second-order valence-corrected chi connectivity index (χ2v) is 11.1. The van der Waals surface area contributed by atoms with Crippen LogP contribution >= 0.6 is 0 Å². The Labute approximate surface area is 176 Å². The average Bonchev–Trinajstić information content (AvgIpc) is 3.44. The fourth-order valence-corrected chi connectivity index (χ4v) is 7.37. The molecule has 0 N–H and O–H groups in total. The third kappa shape index (κ3) is 3.74. The number of sulfonamides is 1. The van der Waals surface area contributed by atoms with Gasteiger partial charge in [-0.25, -0.2) is 8.42 Å². The molecule has 4 fully saturated rings. The number of fused-ring (bicyclic) bond motifs is 2. The molecular weight excluding hydrogens is 414 g/mol. The van der Waals surface area contributed by atoms with E-state index in [1.54, 1.807) is 4.31 Å². The average molecular weight is 443 g/mol. The van der Waals surface area contributed by atoms with Crippen molar-refractivity contribution in [1.29, 1.82) is 0 Å². The highest BCUT2D eigenvalue weighted by Gasteiger charge is 2.49. The van der Waals surface area contributed by atoms with Crippen molar-refractivity contribution < 1.29 is 26.7 Å². The molecule has 3 aliphatic heterocycles. The second kappa shape index (κ2) is 7.69. The minimum atomic E-state index is -3.63. The Morgan fingerprint density at radius 1 is 1.10 bits per heavy atom. The largest absolute Gasteiger partial charge is 0.435 e. The van der Waals surface area contributed by atoms with E-state index in [-0.39, 0.29) is 16.1 Å². The van der Waals surface area contributed by atoms with E-state index in [1.807, 2.05) is 0 Å². The number of hydrogen-bond acceptors (Lipinski definition) is 5.